The summed E-state index contributed by atoms with van der Waals surface area (Å²) in [5, 5.41) is 20.8. The van der Waals surface area contributed by atoms with Crippen molar-refractivity contribution in [2.75, 3.05) is 0 Å². The maximum atomic E-state index is 10.6. The van der Waals surface area contributed by atoms with Gasteiger partial charge in [-0.1, -0.05) is 40.2 Å². The molecule has 0 spiro atoms. The van der Waals surface area contributed by atoms with E-state index in [1.54, 1.807) is 12.1 Å². The number of aliphatic hydroxyl groups excluding tert-OH is 1. The Morgan fingerprint density at radius 3 is 2.45 bits per heavy atom. The SMILES string of the molecule is Cc1ccc(C(O)Cc2ccc([N+](=O)[O-])cc2)c(Br)c1. The van der Waals surface area contributed by atoms with Gasteiger partial charge in [0.25, 0.3) is 5.69 Å². The second-order valence-corrected chi connectivity index (χ2v) is 5.52. The van der Waals surface area contributed by atoms with E-state index in [0.29, 0.717) is 6.42 Å². The van der Waals surface area contributed by atoms with Gasteiger partial charge < -0.3 is 5.11 Å². The van der Waals surface area contributed by atoms with Gasteiger partial charge in [-0.05, 0) is 29.7 Å². The predicted octanol–water partition coefficient (Wildman–Crippen LogP) is 3.94. The number of nitrogens with zero attached hydrogens (tertiary/aromatic N) is 1. The van der Waals surface area contributed by atoms with Crippen molar-refractivity contribution in [2.24, 2.45) is 0 Å². The number of non-ortho nitro benzene ring substituents is 1. The van der Waals surface area contributed by atoms with E-state index >= 15 is 0 Å². The molecule has 0 saturated heterocycles. The molecule has 1 N–H and O–H groups in total. The van der Waals surface area contributed by atoms with Crippen molar-refractivity contribution in [3.8, 4) is 0 Å². The van der Waals surface area contributed by atoms with Crippen molar-refractivity contribution >= 4 is 21.6 Å². The molecule has 0 bridgehead atoms. The fourth-order valence-corrected chi connectivity index (χ4v) is 2.75. The number of halogens is 1. The van der Waals surface area contributed by atoms with Gasteiger partial charge >= 0.3 is 0 Å². The van der Waals surface area contributed by atoms with Gasteiger partial charge in [-0.2, -0.15) is 0 Å². The molecule has 0 aliphatic rings. The number of nitro groups is 1. The summed E-state index contributed by atoms with van der Waals surface area (Å²) in [5.74, 6) is 0. The molecule has 0 amide bonds. The van der Waals surface area contributed by atoms with Gasteiger partial charge in [-0.25, -0.2) is 0 Å². The van der Waals surface area contributed by atoms with Gasteiger partial charge in [0.1, 0.15) is 0 Å². The van der Waals surface area contributed by atoms with Gasteiger partial charge in [0.15, 0.2) is 0 Å². The number of aryl methyl sites for hydroxylation is 1. The van der Waals surface area contributed by atoms with Crippen molar-refractivity contribution in [1.82, 2.24) is 0 Å². The zero-order valence-electron chi connectivity index (χ0n) is 10.9. The lowest BCUT2D eigenvalue weighted by atomic mass is 10.0. The second-order valence-electron chi connectivity index (χ2n) is 4.67. The third-order valence-corrected chi connectivity index (χ3v) is 3.78. The van der Waals surface area contributed by atoms with E-state index < -0.39 is 11.0 Å². The molecule has 1 unspecified atom stereocenters. The Hall–Kier alpha value is -1.72. The van der Waals surface area contributed by atoms with Crippen LogP contribution in [0.3, 0.4) is 0 Å². The molecule has 0 radical (unpaired) electrons. The lowest BCUT2D eigenvalue weighted by Gasteiger charge is -2.13. The summed E-state index contributed by atoms with van der Waals surface area (Å²) in [5.41, 5.74) is 2.84. The minimum absolute atomic E-state index is 0.0553. The van der Waals surface area contributed by atoms with Crippen LogP contribution in [0.15, 0.2) is 46.9 Å². The maximum Gasteiger partial charge on any atom is 0.269 e. The van der Waals surface area contributed by atoms with E-state index in [1.165, 1.54) is 12.1 Å². The van der Waals surface area contributed by atoms with Crippen molar-refractivity contribution < 1.29 is 10.0 Å². The first kappa shape index (κ1) is 14.7. The summed E-state index contributed by atoms with van der Waals surface area (Å²) in [6.07, 6.45) is -0.230. The molecular weight excluding hydrogens is 322 g/mol. The van der Waals surface area contributed by atoms with Crippen LogP contribution in [0.4, 0.5) is 5.69 Å². The van der Waals surface area contributed by atoms with Gasteiger partial charge in [0.2, 0.25) is 0 Å². The quantitative estimate of drug-likeness (QED) is 0.679. The van der Waals surface area contributed by atoms with Gasteiger partial charge in [-0.3, -0.25) is 10.1 Å². The van der Waals surface area contributed by atoms with Crippen LogP contribution in [0.5, 0.6) is 0 Å². The molecule has 2 aromatic rings. The van der Waals surface area contributed by atoms with Crippen molar-refractivity contribution in [1.29, 1.82) is 0 Å². The smallest absolute Gasteiger partial charge is 0.269 e. The molecule has 2 rings (SSSR count). The number of benzene rings is 2. The molecular formula is C15H14BrNO3. The first-order chi connectivity index (χ1) is 9.47. The Balaban J connectivity index is 2.14. The maximum absolute atomic E-state index is 10.6. The molecule has 5 heteroatoms. The second kappa shape index (κ2) is 6.15. The predicted molar refractivity (Wildman–Crippen MR) is 80.6 cm³/mol. The lowest BCUT2D eigenvalue weighted by Crippen LogP contribution is -2.03. The third kappa shape index (κ3) is 3.43. The molecule has 0 aliphatic carbocycles. The molecule has 0 fully saturated rings. The molecule has 4 nitrogen and oxygen atoms in total. The third-order valence-electron chi connectivity index (χ3n) is 3.09. The highest BCUT2D eigenvalue weighted by Gasteiger charge is 2.13. The highest BCUT2D eigenvalue weighted by atomic mass is 79.9. The molecule has 0 aromatic heterocycles. The Kier molecular flexibility index (Phi) is 4.52. The van der Waals surface area contributed by atoms with Gasteiger partial charge in [-0.15, -0.1) is 0 Å². The van der Waals surface area contributed by atoms with Crippen LogP contribution in [0.1, 0.15) is 22.8 Å². The summed E-state index contributed by atoms with van der Waals surface area (Å²) < 4.78 is 0.868. The van der Waals surface area contributed by atoms with Crippen LogP contribution < -0.4 is 0 Å². The van der Waals surface area contributed by atoms with E-state index in [2.05, 4.69) is 15.9 Å². The minimum Gasteiger partial charge on any atom is -0.388 e. The van der Waals surface area contributed by atoms with Crippen LogP contribution in [0.25, 0.3) is 0 Å². The Morgan fingerprint density at radius 2 is 1.90 bits per heavy atom. The number of hydrogen-bond donors (Lipinski definition) is 1. The largest absolute Gasteiger partial charge is 0.388 e. The molecule has 20 heavy (non-hydrogen) atoms. The van der Waals surface area contributed by atoms with Gasteiger partial charge in [0, 0.05) is 23.0 Å². The minimum atomic E-state index is -0.647. The fourth-order valence-electron chi connectivity index (χ4n) is 1.99. The monoisotopic (exact) mass is 335 g/mol. The van der Waals surface area contributed by atoms with E-state index in [-0.39, 0.29) is 5.69 Å². The zero-order chi connectivity index (χ0) is 14.7. The summed E-state index contributed by atoms with van der Waals surface area (Å²) in [6.45, 7) is 1.98. The average molecular weight is 336 g/mol. The van der Waals surface area contributed by atoms with E-state index in [0.717, 1.165) is 21.2 Å². The zero-order valence-corrected chi connectivity index (χ0v) is 12.5. The molecule has 0 saturated carbocycles. The van der Waals surface area contributed by atoms with Crippen LogP contribution in [-0.4, -0.2) is 10.0 Å². The highest BCUT2D eigenvalue weighted by molar-refractivity contribution is 9.10. The first-order valence-corrected chi connectivity index (χ1v) is 6.94. The van der Waals surface area contributed by atoms with E-state index in [4.69, 9.17) is 0 Å². The van der Waals surface area contributed by atoms with Crippen molar-refractivity contribution in [3.05, 3.63) is 73.7 Å². The summed E-state index contributed by atoms with van der Waals surface area (Å²) in [4.78, 5) is 10.1. The summed E-state index contributed by atoms with van der Waals surface area (Å²) in [6, 6.07) is 12.0. The normalized spacial score (nSPS) is 12.2. The van der Waals surface area contributed by atoms with E-state index in [9.17, 15) is 15.2 Å². The van der Waals surface area contributed by atoms with E-state index in [1.807, 2.05) is 25.1 Å². The number of nitro benzene ring substituents is 1. The van der Waals surface area contributed by atoms with Gasteiger partial charge in [0.05, 0.1) is 11.0 Å². The number of hydrogen-bond acceptors (Lipinski definition) is 3. The van der Waals surface area contributed by atoms with Crippen LogP contribution in [-0.2, 0) is 6.42 Å². The lowest BCUT2D eigenvalue weighted by molar-refractivity contribution is -0.384. The average Bonchev–Trinajstić information content (AvgIpc) is 2.39. The molecule has 1 atom stereocenters. The van der Waals surface area contributed by atoms with Crippen LogP contribution in [0, 0.1) is 17.0 Å². The Morgan fingerprint density at radius 1 is 1.25 bits per heavy atom. The summed E-state index contributed by atoms with van der Waals surface area (Å²) in [7, 11) is 0. The Labute approximate surface area is 125 Å². The standard InChI is InChI=1S/C15H14BrNO3/c1-10-2-7-13(14(16)8-10)15(18)9-11-3-5-12(6-4-11)17(19)20/h2-8,15,18H,9H2,1H3. The Bertz CT molecular complexity index is 626. The van der Waals surface area contributed by atoms with Crippen LogP contribution >= 0.6 is 15.9 Å². The molecule has 0 heterocycles. The fraction of sp³-hybridized carbons (Fsp3) is 0.200. The molecule has 0 aliphatic heterocycles. The van der Waals surface area contributed by atoms with Crippen molar-refractivity contribution in [2.45, 2.75) is 19.4 Å². The molecule has 104 valence electrons. The van der Waals surface area contributed by atoms with Crippen molar-refractivity contribution in [3.63, 3.8) is 0 Å². The van der Waals surface area contributed by atoms with Crippen LogP contribution in [0.2, 0.25) is 0 Å². The number of aliphatic hydroxyl groups is 1. The topological polar surface area (TPSA) is 63.4 Å². The summed E-state index contributed by atoms with van der Waals surface area (Å²) >= 11 is 3.44. The first-order valence-electron chi connectivity index (χ1n) is 6.15. The molecule has 2 aromatic carbocycles. The highest BCUT2D eigenvalue weighted by Crippen LogP contribution is 2.27. The number of rotatable bonds is 4.